The zero-order valence-electron chi connectivity index (χ0n) is 11.9. The van der Waals surface area contributed by atoms with Gasteiger partial charge < -0.3 is 9.47 Å². The van der Waals surface area contributed by atoms with Crippen LogP contribution in [0.1, 0.15) is 62.3 Å². The zero-order valence-corrected chi connectivity index (χ0v) is 11.9. The summed E-state index contributed by atoms with van der Waals surface area (Å²) in [6, 6.07) is 0. The first-order valence-electron chi connectivity index (χ1n) is 5.79. The van der Waals surface area contributed by atoms with Crippen molar-refractivity contribution in [3.05, 3.63) is 0 Å². The fraction of sp³-hybridized carbons (Fsp3) is 0.929. The van der Waals surface area contributed by atoms with Gasteiger partial charge in [-0.15, -0.1) is 0 Å². The van der Waals surface area contributed by atoms with Gasteiger partial charge in [0.05, 0.1) is 5.60 Å². The molecule has 0 spiro atoms. The standard InChI is InChI=1S/C13H26O3.CH4/c1-9-13(7,11(3,4)15-8)12(5,6)16-10(2)14;/h9H2,1-8H3;1H4. The smallest absolute Gasteiger partial charge is 0.303 e. The van der Waals surface area contributed by atoms with E-state index >= 15 is 0 Å². The summed E-state index contributed by atoms with van der Waals surface area (Å²) in [5.74, 6) is -0.253. The van der Waals surface area contributed by atoms with Crippen molar-refractivity contribution in [3.8, 4) is 0 Å². The molecule has 0 aromatic carbocycles. The van der Waals surface area contributed by atoms with Crippen molar-refractivity contribution in [3.63, 3.8) is 0 Å². The predicted octanol–water partition coefficient (Wildman–Crippen LogP) is 3.81. The van der Waals surface area contributed by atoms with Crippen LogP contribution in [0.3, 0.4) is 0 Å². The van der Waals surface area contributed by atoms with Gasteiger partial charge >= 0.3 is 5.97 Å². The predicted molar refractivity (Wildman–Crippen MR) is 72.1 cm³/mol. The largest absolute Gasteiger partial charge is 0.459 e. The van der Waals surface area contributed by atoms with Crippen molar-refractivity contribution in [2.45, 2.75) is 73.5 Å². The maximum atomic E-state index is 11.2. The van der Waals surface area contributed by atoms with Gasteiger partial charge in [-0.25, -0.2) is 0 Å². The van der Waals surface area contributed by atoms with Crippen LogP contribution in [0.25, 0.3) is 0 Å². The Hall–Kier alpha value is -0.570. The Morgan fingerprint density at radius 2 is 1.47 bits per heavy atom. The third kappa shape index (κ3) is 3.44. The SMILES string of the molecule is C.CCC(C)(C(C)(C)OC)C(C)(C)OC(C)=O. The monoisotopic (exact) mass is 246 g/mol. The molecule has 0 radical (unpaired) electrons. The van der Waals surface area contributed by atoms with Crippen molar-refractivity contribution in [2.24, 2.45) is 5.41 Å². The van der Waals surface area contributed by atoms with Crippen molar-refractivity contribution < 1.29 is 14.3 Å². The number of rotatable bonds is 5. The molecular weight excluding hydrogens is 216 g/mol. The van der Waals surface area contributed by atoms with Crippen molar-refractivity contribution in [2.75, 3.05) is 7.11 Å². The molecule has 3 heteroatoms. The average Bonchev–Trinajstić information content (AvgIpc) is 2.13. The summed E-state index contributed by atoms with van der Waals surface area (Å²) < 4.78 is 11.0. The molecule has 0 amide bonds. The van der Waals surface area contributed by atoms with E-state index < -0.39 is 5.60 Å². The number of esters is 1. The number of ether oxygens (including phenoxy) is 2. The van der Waals surface area contributed by atoms with Crippen LogP contribution < -0.4 is 0 Å². The Labute approximate surface area is 107 Å². The molecular formula is C14H30O3. The summed E-state index contributed by atoms with van der Waals surface area (Å²) in [5.41, 5.74) is -1.17. The fourth-order valence-electron chi connectivity index (χ4n) is 2.27. The number of hydrogen-bond acceptors (Lipinski definition) is 3. The molecule has 0 fully saturated rings. The highest BCUT2D eigenvalue weighted by Crippen LogP contribution is 2.47. The number of carbonyl (C=O) groups excluding carboxylic acids is 1. The van der Waals surface area contributed by atoms with Crippen LogP contribution in [0.4, 0.5) is 0 Å². The first-order chi connectivity index (χ1) is 7.04. The summed E-state index contributed by atoms with van der Waals surface area (Å²) in [6.45, 7) is 13.6. The third-order valence-corrected chi connectivity index (χ3v) is 4.27. The maximum absolute atomic E-state index is 11.2. The summed E-state index contributed by atoms with van der Waals surface area (Å²) in [4.78, 5) is 11.2. The zero-order chi connectivity index (χ0) is 13.2. The molecule has 0 heterocycles. The van der Waals surface area contributed by atoms with E-state index in [2.05, 4.69) is 13.8 Å². The summed E-state index contributed by atoms with van der Waals surface area (Å²) in [7, 11) is 1.69. The van der Waals surface area contributed by atoms with E-state index in [-0.39, 0.29) is 24.4 Å². The molecule has 0 aliphatic heterocycles. The van der Waals surface area contributed by atoms with E-state index in [0.717, 1.165) is 6.42 Å². The molecule has 0 rings (SSSR count). The molecule has 0 bridgehead atoms. The lowest BCUT2D eigenvalue weighted by Crippen LogP contribution is -2.57. The van der Waals surface area contributed by atoms with Crippen LogP contribution in [-0.4, -0.2) is 24.3 Å². The molecule has 0 saturated carbocycles. The lowest BCUT2D eigenvalue weighted by Gasteiger charge is -2.51. The van der Waals surface area contributed by atoms with E-state index in [4.69, 9.17) is 9.47 Å². The number of methoxy groups -OCH3 is 1. The van der Waals surface area contributed by atoms with Crippen molar-refractivity contribution in [1.29, 1.82) is 0 Å². The minimum Gasteiger partial charge on any atom is -0.459 e. The van der Waals surface area contributed by atoms with Gasteiger partial charge in [0.2, 0.25) is 0 Å². The first kappa shape index (κ1) is 18.8. The molecule has 1 unspecified atom stereocenters. The second kappa shape index (κ2) is 5.85. The van der Waals surface area contributed by atoms with Gasteiger partial charge in [0.1, 0.15) is 5.60 Å². The molecule has 0 saturated heterocycles. The molecule has 0 N–H and O–H groups in total. The highest BCUT2D eigenvalue weighted by atomic mass is 16.6. The van der Waals surface area contributed by atoms with Gasteiger partial charge in [-0.05, 0) is 34.1 Å². The minimum absolute atomic E-state index is 0. The van der Waals surface area contributed by atoms with Crippen LogP contribution in [0.2, 0.25) is 0 Å². The Bertz CT molecular complexity index is 256. The van der Waals surface area contributed by atoms with Gasteiger partial charge in [0.25, 0.3) is 0 Å². The van der Waals surface area contributed by atoms with Crippen molar-refractivity contribution >= 4 is 5.97 Å². The van der Waals surface area contributed by atoms with E-state index in [9.17, 15) is 4.79 Å². The molecule has 3 nitrogen and oxygen atoms in total. The normalized spacial score (nSPS) is 15.8. The van der Waals surface area contributed by atoms with Gasteiger partial charge in [0, 0.05) is 19.4 Å². The van der Waals surface area contributed by atoms with Gasteiger partial charge in [0.15, 0.2) is 0 Å². The van der Waals surface area contributed by atoms with Crippen molar-refractivity contribution in [1.82, 2.24) is 0 Å². The molecule has 0 aliphatic carbocycles. The summed E-state index contributed by atoms with van der Waals surface area (Å²) in [6.07, 6.45) is 0.869. The van der Waals surface area contributed by atoms with E-state index in [0.29, 0.717) is 0 Å². The molecule has 1 atom stereocenters. The third-order valence-electron chi connectivity index (χ3n) is 4.27. The second-order valence-electron chi connectivity index (χ2n) is 5.50. The highest BCUT2D eigenvalue weighted by molar-refractivity contribution is 5.66. The number of carbonyl (C=O) groups is 1. The van der Waals surface area contributed by atoms with Gasteiger partial charge in [-0.2, -0.15) is 0 Å². The minimum atomic E-state index is -0.562. The second-order valence-corrected chi connectivity index (χ2v) is 5.50. The molecule has 0 aromatic rings. The molecule has 17 heavy (non-hydrogen) atoms. The van der Waals surface area contributed by atoms with Crippen LogP contribution in [-0.2, 0) is 14.3 Å². The summed E-state index contributed by atoms with van der Waals surface area (Å²) >= 11 is 0. The molecule has 0 aliphatic rings. The van der Waals surface area contributed by atoms with Crippen LogP contribution >= 0.6 is 0 Å². The molecule has 104 valence electrons. The lowest BCUT2D eigenvalue weighted by atomic mass is 9.63. The van der Waals surface area contributed by atoms with E-state index in [1.807, 2.05) is 27.7 Å². The van der Waals surface area contributed by atoms with E-state index in [1.54, 1.807) is 7.11 Å². The average molecular weight is 246 g/mol. The number of hydrogen-bond donors (Lipinski definition) is 0. The van der Waals surface area contributed by atoms with Gasteiger partial charge in [-0.1, -0.05) is 21.3 Å². The Morgan fingerprint density at radius 3 is 1.71 bits per heavy atom. The topological polar surface area (TPSA) is 35.5 Å². The molecule has 0 aromatic heterocycles. The quantitative estimate of drug-likeness (QED) is 0.692. The highest BCUT2D eigenvalue weighted by Gasteiger charge is 2.52. The van der Waals surface area contributed by atoms with Gasteiger partial charge in [-0.3, -0.25) is 4.79 Å². The van der Waals surface area contributed by atoms with Crippen LogP contribution in [0, 0.1) is 5.41 Å². The van der Waals surface area contributed by atoms with Crippen LogP contribution in [0.15, 0.2) is 0 Å². The Balaban J connectivity index is 0. The maximum Gasteiger partial charge on any atom is 0.303 e. The van der Waals surface area contributed by atoms with E-state index in [1.165, 1.54) is 6.92 Å². The fourth-order valence-corrected chi connectivity index (χ4v) is 2.27. The lowest BCUT2D eigenvalue weighted by molar-refractivity contribution is -0.201. The Kier molecular flexibility index (Phi) is 6.47. The Morgan fingerprint density at radius 1 is 1.06 bits per heavy atom. The summed E-state index contributed by atoms with van der Waals surface area (Å²) in [5, 5.41) is 0. The first-order valence-corrected chi connectivity index (χ1v) is 5.79. The van der Waals surface area contributed by atoms with Crippen LogP contribution in [0.5, 0.6) is 0 Å².